The van der Waals surface area contributed by atoms with E-state index in [4.69, 9.17) is 10.7 Å². The molecule has 1 heterocycles. The molecule has 90 valence electrons. The Kier molecular flexibility index (Phi) is 3.49. The van der Waals surface area contributed by atoms with E-state index in [0.717, 1.165) is 6.42 Å². The van der Waals surface area contributed by atoms with Gasteiger partial charge in [-0.15, -0.1) is 0 Å². The number of rotatable bonds is 4. The van der Waals surface area contributed by atoms with Crippen LogP contribution in [0.4, 0.5) is 0 Å². The summed E-state index contributed by atoms with van der Waals surface area (Å²) in [7, 11) is 1.46. The molecule has 0 bridgehead atoms. The molecule has 0 saturated heterocycles. The highest BCUT2D eigenvalue weighted by molar-refractivity contribution is 8.13. The van der Waals surface area contributed by atoms with Crippen LogP contribution in [0.15, 0.2) is 47.9 Å². The molecule has 0 unspecified atom stereocenters. The molecular weight excluding hydrogens is 260 g/mol. The predicted octanol–water partition coefficient (Wildman–Crippen LogP) is 2.05. The Morgan fingerprint density at radius 1 is 1.24 bits per heavy atom. The topological polar surface area (TPSA) is 52.0 Å². The second-order valence-electron chi connectivity index (χ2n) is 3.62. The maximum atomic E-state index is 11.0. The Balaban J connectivity index is 2.04. The molecule has 6 heteroatoms. The lowest BCUT2D eigenvalue weighted by atomic mass is 10.1. The van der Waals surface area contributed by atoms with Crippen molar-refractivity contribution in [1.82, 2.24) is 9.55 Å². The number of nitrogens with zero attached hydrogens (tertiary/aromatic N) is 2. The monoisotopic (exact) mass is 270 g/mol. The van der Waals surface area contributed by atoms with E-state index < -0.39 is 9.05 Å². The molecule has 0 aliphatic heterocycles. The van der Waals surface area contributed by atoms with Crippen LogP contribution in [-0.4, -0.2) is 18.0 Å². The molecule has 0 N–H and O–H groups in total. The summed E-state index contributed by atoms with van der Waals surface area (Å²) in [4.78, 5) is 3.74. The number of hydrogen-bond acceptors (Lipinski definition) is 3. The van der Waals surface area contributed by atoms with Gasteiger partial charge in [-0.25, -0.2) is 13.4 Å². The zero-order valence-electron chi connectivity index (χ0n) is 8.95. The van der Waals surface area contributed by atoms with Crippen LogP contribution in [-0.2, 0) is 22.0 Å². The van der Waals surface area contributed by atoms with Crippen molar-refractivity contribution in [2.45, 2.75) is 18.0 Å². The van der Waals surface area contributed by atoms with Gasteiger partial charge in [-0.1, -0.05) is 30.3 Å². The number of benzene rings is 1. The largest absolute Gasteiger partial charge is 0.336 e. The second-order valence-corrected chi connectivity index (χ2v) is 6.14. The van der Waals surface area contributed by atoms with Gasteiger partial charge in [0.2, 0.25) is 0 Å². The smallest absolute Gasteiger partial charge is 0.280 e. The lowest BCUT2D eigenvalue weighted by Gasteiger charge is -2.01. The molecule has 0 fully saturated rings. The molecule has 0 spiro atoms. The van der Waals surface area contributed by atoms with Crippen LogP contribution in [0.25, 0.3) is 0 Å². The van der Waals surface area contributed by atoms with Crippen molar-refractivity contribution in [3.8, 4) is 0 Å². The van der Waals surface area contributed by atoms with Gasteiger partial charge >= 0.3 is 0 Å². The SMILES string of the molecule is O=S(=O)(Cl)c1cn(CCc2ccccc2)cn1. The molecule has 0 amide bonds. The van der Waals surface area contributed by atoms with Gasteiger partial charge in [0, 0.05) is 23.4 Å². The fourth-order valence-corrected chi connectivity index (χ4v) is 2.16. The van der Waals surface area contributed by atoms with E-state index in [1.807, 2.05) is 30.3 Å². The minimum absolute atomic E-state index is 0.104. The summed E-state index contributed by atoms with van der Waals surface area (Å²) in [5.74, 6) is 0. The Morgan fingerprint density at radius 2 is 1.94 bits per heavy atom. The van der Waals surface area contributed by atoms with Crippen molar-refractivity contribution in [2.24, 2.45) is 0 Å². The third-order valence-corrected chi connectivity index (χ3v) is 3.55. The van der Waals surface area contributed by atoms with E-state index in [1.54, 1.807) is 4.57 Å². The number of imidazole rings is 1. The van der Waals surface area contributed by atoms with E-state index in [-0.39, 0.29) is 5.03 Å². The zero-order valence-corrected chi connectivity index (χ0v) is 10.5. The maximum absolute atomic E-state index is 11.0. The van der Waals surface area contributed by atoms with Crippen molar-refractivity contribution in [3.63, 3.8) is 0 Å². The standard InChI is InChI=1S/C11H11ClN2O2S/c12-17(15,16)11-8-14(9-13-11)7-6-10-4-2-1-3-5-10/h1-5,8-9H,6-7H2. The number of aryl methyl sites for hydroxylation is 2. The fraction of sp³-hybridized carbons (Fsp3) is 0.182. The highest BCUT2D eigenvalue weighted by atomic mass is 35.7. The molecule has 1 aromatic heterocycles. The Hall–Kier alpha value is -1.33. The first-order valence-corrected chi connectivity index (χ1v) is 7.37. The van der Waals surface area contributed by atoms with Crippen molar-refractivity contribution in [2.75, 3.05) is 0 Å². The summed E-state index contributed by atoms with van der Waals surface area (Å²) >= 11 is 0. The van der Waals surface area contributed by atoms with Crippen molar-refractivity contribution in [1.29, 1.82) is 0 Å². The summed E-state index contributed by atoms with van der Waals surface area (Å²) in [5.41, 5.74) is 1.19. The molecule has 0 atom stereocenters. The first-order chi connectivity index (χ1) is 8.05. The lowest BCUT2D eigenvalue weighted by Crippen LogP contribution is -1.98. The van der Waals surface area contributed by atoms with Crippen molar-refractivity contribution >= 4 is 19.7 Å². The van der Waals surface area contributed by atoms with E-state index in [2.05, 4.69) is 4.98 Å². The average Bonchev–Trinajstić information content (AvgIpc) is 2.76. The first-order valence-electron chi connectivity index (χ1n) is 5.06. The molecule has 2 rings (SSSR count). The third-order valence-electron chi connectivity index (χ3n) is 2.36. The number of halogens is 1. The summed E-state index contributed by atoms with van der Waals surface area (Å²) in [5, 5.41) is -0.104. The van der Waals surface area contributed by atoms with E-state index in [0.29, 0.717) is 6.54 Å². The molecule has 17 heavy (non-hydrogen) atoms. The van der Waals surface area contributed by atoms with Crippen LogP contribution in [0.2, 0.25) is 0 Å². The Bertz CT molecular complexity index is 593. The van der Waals surface area contributed by atoms with E-state index in [1.165, 1.54) is 18.1 Å². The van der Waals surface area contributed by atoms with Gasteiger partial charge in [-0.2, -0.15) is 0 Å². The molecule has 0 aliphatic carbocycles. The molecule has 4 nitrogen and oxygen atoms in total. The predicted molar refractivity (Wildman–Crippen MR) is 65.4 cm³/mol. The highest BCUT2D eigenvalue weighted by Crippen LogP contribution is 2.11. The van der Waals surface area contributed by atoms with E-state index in [9.17, 15) is 8.42 Å². The molecular formula is C11H11ClN2O2S. The molecule has 0 radical (unpaired) electrons. The second kappa shape index (κ2) is 4.89. The van der Waals surface area contributed by atoms with Gasteiger partial charge in [-0.3, -0.25) is 0 Å². The van der Waals surface area contributed by atoms with Crippen LogP contribution in [0.3, 0.4) is 0 Å². The van der Waals surface area contributed by atoms with Crippen LogP contribution < -0.4 is 0 Å². The van der Waals surface area contributed by atoms with Gasteiger partial charge in [-0.05, 0) is 12.0 Å². The third kappa shape index (κ3) is 3.31. The van der Waals surface area contributed by atoms with Crippen LogP contribution in [0, 0.1) is 0 Å². The Labute approximate surface area is 104 Å². The van der Waals surface area contributed by atoms with Gasteiger partial charge in [0.1, 0.15) is 0 Å². The first kappa shape index (κ1) is 12.1. The van der Waals surface area contributed by atoms with Crippen LogP contribution in [0.1, 0.15) is 5.56 Å². The number of hydrogen-bond donors (Lipinski definition) is 0. The van der Waals surface area contributed by atoms with Gasteiger partial charge in [0.25, 0.3) is 9.05 Å². The summed E-state index contributed by atoms with van der Waals surface area (Å²) in [6.45, 7) is 0.670. The molecule has 0 aliphatic rings. The zero-order chi connectivity index (χ0) is 12.3. The van der Waals surface area contributed by atoms with Gasteiger partial charge in [0.05, 0.1) is 6.33 Å². The maximum Gasteiger partial charge on any atom is 0.280 e. The lowest BCUT2D eigenvalue weighted by molar-refractivity contribution is 0.606. The van der Waals surface area contributed by atoms with Gasteiger partial charge in [0.15, 0.2) is 5.03 Å². The van der Waals surface area contributed by atoms with Gasteiger partial charge < -0.3 is 4.57 Å². The molecule has 0 saturated carbocycles. The fourth-order valence-electron chi connectivity index (χ4n) is 1.49. The summed E-state index contributed by atoms with van der Waals surface area (Å²) in [6.07, 6.45) is 3.72. The van der Waals surface area contributed by atoms with Crippen molar-refractivity contribution in [3.05, 3.63) is 48.4 Å². The van der Waals surface area contributed by atoms with E-state index >= 15 is 0 Å². The van der Waals surface area contributed by atoms with Crippen molar-refractivity contribution < 1.29 is 8.42 Å². The quantitative estimate of drug-likeness (QED) is 0.799. The summed E-state index contributed by atoms with van der Waals surface area (Å²) in [6, 6.07) is 9.95. The summed E-state index contributed by atoms with van der Waals surface area (Å²) < 4.78 is 23.7. The average molecular weight is 271 g/mol. The minimum atomic E-state index is -3.72. The Morgan fingerprint density at radius 3 is 2.53 bits per heavy atom. The van der Waals surface area contributed by atoms with Crippen LogP contribution in [0.5, 0.6) is 0 Å². The molecule has 1 aromatic carbocycles. The minimum Gasteiger partial charge on any atom is -0.336 e. The van der Waals surface area contributed by atoms with Crippen LogP contribution >= 0.6 is 10.7 Å². The normalized spacial score (nSPS) is 11.6. The molecule has 2 aromatic rings. The highest BCUT2D eigenvalue weighted by Gasteiger charge is 2.12. The number of aromatic nitrogens is 2.